The van der Waals surface area contributed by atoms with Crippen LogP contribution in [0, 0.1) is 0 Å². The van der Waals surface area contributed by atoms with Gasteiger partial charge in [0.05, 0.1) is 48.0 Å². The zero-order chi connectivity index (χ0) is 40.8. The van der Waals surface area contributed by atoms with Gasteiger partial charge in [0.1, 0.15) is 28.9 Å². The van der Waals surface area contributed by atoms with Gasteiger partial charge in [0.15, 0.2) is 0 Å². The number of amides is 2. The fourth-order valence-corrected chi connectivity index (χ4v) is 8.87. The zero-order valence-electron chi connectivity index (χ0n) is 33.3. The van der Waals surface area contributed by atoms with E-state index >= 15 is 0 Å². The standard InChI is InChI=1S/C13H17ClN2O5.C13H24N2O3.C12H17ClN2O3/c14-10-9(7-20-11(10)17)16-5-6-21-13(8-16)1-3-15(4-2-13)12(18)19;1-12(2,3)18-11(16)15-7-4-13(5-8-15)10-14-6-9-17-13;13-10-9(7-17-11(10)16)15-5-6-18-12(8-15)1-3-14-4-2-12/h1-8H2,(H,18,19);14H,4-10H2,1-3H3;14H,1-8H2. The smallest absolute Gasteiger partial charge is 0.410 e. The van der Waals surface area contributed by atoms with Crippen LogP contribution in [0.5, 0.6) is 0 Å². The van der Waals surface area contributed by atoms with Gasteiger partial charge in [-0.05, 0) is 72.4 Å². The molecule has 8 aliphatic heterocycles. The average molecular weight is 846 g/mol. The van der Waals surface area contributed by atoms with Crippen molar-refractivity contribution in [1.29, 1.82) is 0 Å². The first-order valence-electron chi connectivity index (χ1n) is 20.0. The summed E-state index contributed by atoms with van der Waals surface area (Å²) in [7, 11) is 0. The van der Waals surface area contributed by atoms with Crippen molar-refractivity contribution >= 4 is 47.3 Å². The van der Waals surface area contributed by atoms with E-state index in [-0.39, 0.29) is 39.6 Å². The molecular weight excluding hydrogens is 787 g/mol. The lowest BCUT2D eigenvalue weighted by atomic mass is 9.89. The highest BCUT2D eigenvalue weighted by Crippen LogP contribution is 2.35. The van der Waals surface area contributed by atoms with Crippen molar-refractivity contribution in [3.8, 4) is 0 Å². The zero-order valence-corrected chi connectivity index (χ0v) is 34.8. The maximum absolute atomic E-state index is 11.9. The van der Waals surface area contributed by atoms with Gasteiger partial charge in [-0.15, -0.1) is 0 Å². The van der Waals surface area contributed by atoms with Gasteiger partial charge in [0.25, 0.3) is 0 Å². The minimum Gasteiger partial charge on any atom is -0.465 e. The monoisotopic (exact) mass is 844 g/mol. The molecule has 19 heteroatoms. The second-order valence-electron chi connectivity index (χ2n) is 16.8. The number of carboxylic acid groups (broad SMARTS) is 1. The number of ether oxygens (including phenoxy) is 6. The number of esters is 2. The molecule has 8 aliphatic rings. The summed E-state index contributed by atoms with van der Waals surface area (Å²) in [4.78, 5) is 53.0. The van der Waals surface area contributed by atoms with Gasteiger partial charge in [0, 0.05) is 65.4 Å². The maximum atomic E-state index is 11.9. The number of rotatable bonds is 2. The molecule has 17 nitrogen and oxygen atoms in total. The Kier molecular flexibility index (Phi) is 14.1. The SMILES string of the molecule is CC(C)(C)OC(=O)N1CCC2(CC1)CNCCO2.O=C1OCC(N2CCOC3(CCN(C(=O)O)CC3)C2)=C1Cl.O=C1OCC(N2CCOC3(CCNCC3)C2)=C1Cl. The van der Waals surface area contributed by atoms with Gasteiger partial charge in [0.2, 0.25) is 0 Å². The first-order valence-corrected chi connectivity index (χ1v) is 20.8. The van der Waals surface area contributed by atoms with Crippen molar-refractivity contribution in [3.63, 3.8) is 0 Å². The minimum absolute atomic E-state index is 0.0588. The molecule has 0 saturated carbocycles. The normalized spacial score (nSPS) is 25.8. The highest BCUT2D eigenvalue weighted by Gasteiger charge is 2.44. The molecule has 0 atom stereocenters. The second kappa shape index (κ2) is 18.5. The van der Waals surface area contributed by atoms with Crippen molar-refractivity contribution in [2.24, 2.45) is 0 Å². The highest BCUT2D eigenvalue weighted by molar-refractivity contribution is 6.42. The van der Waals surface area contributed by atoms with Gasteiger partial charge in [-0.1, -0.05) is 23.2 Å². The third-order valence-corrected chi connectivity index (χ3v) is 12.5. The lowest BCUT2D eigenvalue weighted by Crippen LogP contribution is -2.57. The number of carbonyl (C=O) groups excluding carboxylic acids is 3. The Bertz CT molecular complexity index is 1540. The van der Waals surface area contributed by atoms with E-state index in [9.17, 15) is 19.2 Å². The second-order valence-corrected chi connectivity index (χ2v) is 17.5. The Morgan fingerprint density at radius 1 is 0.667 bits per heavy atom. The third kappa shape index (κ3) is 11.0. The number of cyclic esters (lactones) is 2. The summed E-state index contributed by atoms with van der Waals surface area (Å²) in [6, 6.07) is 0. The number of nitrogens with zero attached hydrogens (tertiary/aromatic N) is 4. The Morgan fingerprint density at radius 3 is 1.58 bits per heavy atom. The molecule has 0 radical (unpaired) electrons. The predicted octanol–water partition coefficient (Wildman–Crippen LogP) is 2.66. The number of likely N-dealkylation sites (tertiary alicyclic amines) is 2. The van der Waals surface area contributed by atoms with E-state index in [1.165, 1.54) is 4.90 Å². The number of piperidine rings is 3. The van der Waals surface area contributed by atoms with Crippen LogP contribution in [-0.4, -0.2) is 183 Å². The first-order chi connectivity index (χ1) is 27.1. The first kappa shape index (κ1) is 43.5. The quantitative estimate of drug-likeness (QED) is 0.273. The molecule has 0 aromatic carbocycles. The Hall–Kier alpha value is -3.06. The Balaban J connectivity index is 0.000000145. The molecule has 3 spiro atoms. The summed E-state index contributed by atoms with van der Waals surface area (Å²) >= 11 is 12.0. The molecule has 8 heterocycles. The van der Waals surface area contributed by atoms with Crippen molar-refractivity contribution in [1.82, 2.24) is 30.2 Å². The predicted molar refractivity (Wildman–Crippen MR) is 208 cm³/mol. The summed E-state index contributed by atoms with van der Waals surface area (Å²) in [5.41, 5.74) is 0.610. The Morgan fingerprint density at radius 2 is 1.14 bits per heavy atom. The lowest BCUT2D eigenvalue weighted by molar-refractivity contribution is -0.137. The van der Waals surface area contributed by atoms with Crippen molar-refractivity contribution < 1.29 is 52.7 Å². The van der Waals surface area contributed by atoms with E-state index in [4.69, 9.17) is 56.7 Å². The van der Waals surface area contributed by atoms with Crippen LogP contribution in [0.2, 0.25) is 0 Å². The number of hydrogen-bond donors (Lipinski definition) is 3. The lowest BCUT2D eigenvalue weighted by Gasteiger charge is -2.47. The van der Waals surface area contributed by atoms with Crippen LogP contribution in [0.4, 0.5) is 9.59 Å². The number of hydrogen-bond acceptors (Lipinski definition) is 14. The number of carbonyl (C=O) groups is 4. The van der Waals surface area contributed by atoms with Crippen LogP contribution < -0.4 is 10.6 Å². The average Bonchev–Trinajstić information content (AvgIpc) is 3.71. The molecule has 6 saturated heterocycles. The molecule has 0 bridgehead atoms. The van der Waals surface area contributed by atoms with E-state index < -0.39 is 23.6 Å². The third-order valence-electron chi connectivity index (χ3n) is 11.7. The minimum atomic E-state index is -0.891. The van der Waals surface area contributed by atoms with E-state index in [0.717, 1.165) is 90.3 Å². The molecule has 0 aromatic heterocycles. The van der Waals surface area contributed by atoms with Gasteiger partial charge >= 0.3 is 24.1 Å². The molecule has 0 aliphatic carbocycles. The summed E-state index contributed by atoms with van der Waals surface area (Å²) in [5, 5.41) is 16.1. The van der Waals surface area contributed by atoms with Gasteiger partial charge in [-0.3, -0.25) is 0 Å². The van der Waals surface area contributed by atoms with Crippen LogP contribution >= 0.6 is 23.2 Å². The van der Waals surface area contributed by atoms with Crippen LogP contribution in [0.25, 0.3) is 0 Å². The van der Waals surface area contributed by atoms with Gasteiger partial charge < -0.3 is 63.8 Å². The van der Waals surface area contributed by atoms with Crippen molar-refractivity contribution in [3.05, 3.63) is 21.5 Å². The number of morpholine rings is 3. The van der Waals surface area contributed by atoms with Crippen LogP contribution in [0.1, 0.15) is 59.3 Å². The summed E-state index contributed by atoms with van der Waals surface area (Å²) in [5.74, 6) is -0.884. The molecule has 3 N–H and O–H groups in total. The summed E-state index contributed by atoms with van der Waals surface area (Å²) < 4.78 is 33.1. The topological polar surface area (TPSA) is 181 Å². The highest BCUT2D eigenvalue weighted by atomic mass is 35.5. The maximum Gasteiger partial charge on any atom is 0.410 e. The van der Waals surface area contributed by atoms with Crippen LogP contribution in [0.3, 0.4) is 0 Å². The summed E-state index contributed by atoms with van der Waals surface area (Å²) in [6.45, 7) is 17.2. The number of halogens is 2. The van der Waals surface area contributed by atoms with E-state index in [1.807, 2.05) is 25.7 Å². The molecule has 320 valence electrons. The van der Waals surface area contributed by atoms with Gasteiger partial charge in [-0.2, -0.15) is 0 Å². The van der Waals surface area contributed by atoms with Gasteiger partial charge in [-0.25, -0.2) is 19.2 Å². The van der Waals surface area contributed by atoms with E-state index in [1.54, 1.807) is 4.90 Å². The fourth-order valence-electron chi connectivity index (χ4n) is 8.41. The summed E-state index contributed by atoms with van der Waals surface area (Å²) in [6.07, 6.45) is 3.98. The molecular formula is C38H58Cl2N6O11. The van der Waals surface area contributed by atoms with Crippen LogP contribution in [-0.2, 0) is 38.0 Å². The van der Waals surface area contributed by atoms with E-state index in [0.29, 0.717) is 64.5 Å². The molecule has 2 amide bonds. The molecule has 57 heavy (non-hydrogen) atoms. The largest absolute Gasteiger partial charge is 0.465 e. The van der Waals surface area contributed by atoms with Crippen molar-refractivity contribution in [2.75, 3.05) is 112 Å². The number of nitrogens with one attached hydrogen (secondary N) is 2. The Labute approximate surface area is 344 Å². The molecule has 6 fully saturated rings. The van der Waals surface area contributed by atoms with Crippen molar-refractivity contribution in [2.45, 2.75) is 81.7 Å². The van der Waals surface area contributed by atoms with E-state index in [2.05, 4.69) is 15.5 Å². The fraction of sp³-hybridized carbons (Fsp3) is 0.789. The molecule has 0 unspecified atom stereocenters. The van der Waals surface area contributed by atoms with Crippen LogP contribution in [0.15, 0.2) is 21.5 Å². The molecule has 0 aromatic rings. The molecule has 8 rings (SSSR count).